The number of carbonyl (C=O) groups excluding carboxylic acids is 1. The molecule has 1 aliphatic carbocycles. The van der Waals surface area contributed by atoms with Gasteiger partial charge >= 0.3 is 5.97 Å². The molecule has 2 unspecified atom stereocenters. The summed E-state index contributed by atoms with van der Waals surface area (Å²) in [5.74, 6) is -0.977. The lowest BCUT2D eigenvalue weighted by Gasteiger charge is -2.25. The van der Waals surface area contributed by atoms with Crippen molar-refractivity contribution in [3.63, 3.8) is 0 Å². The van der Waals surface area contributed by atoms with Crippen molar-refractivity contribution in [1.29, 1.82) is 0 Å². The standard InChI is InChI=1S/C14H18N2O3/c1-9-4-3-7-15-12(9)16-13(17)10-5-2-6-11(8-10)14(18)19/h3-4,7,10-11H,2,5-6,8H2,1H3,(H,18,19)(H,15,16,17). The number of carbonyl (C=O) groups is 2. The molecule has 1 saturated carbocycles. The third kappa shape index (κ3) is 3.30. The Kier molecular flexibility index (Phi) is 4.14. The first kappa shape index (κ1) is 13.5. The zero-order valence-electron chi connectivity index (χ0n) is 10.9. The lowest BCUT2D eigenvalue weighted by Crippen LogP contribution is -2.31. The molecule has 0 radical (unpaired) electrons. The van der Waals surface area contributed by atoms with E-state index in [9.17, 15) is 9.59 Å². The van der Waals surface area contributed by atoms with Crippen LogP contribution in [0.1, 0.15) is 31.2 Å². The first-order chi connectivity index (χ1) is 9.08. The van der Waals surface area contributed by atoms with Crippen molar-refractivity contribution in [2.75, 3.05) is 5.32 Å². The molecule has 1 aliphatic rings. The number of hydrogen-bond acceptors (Lipinski definition) is 3. The van der Waals surface area contributed by atoms with E-state index in [1.807, 2.05) is 19.1 Å². The maximum Gasteiger partial charge on any atom is 0.306 e. The highest BCUT2D eigenvalue weighted by Gasteiger charge is 2.31. The van der Waals surface area contributed by atoms with Gasteiger partial charge in [0.05, 0.1) is 5.92 Å². The predicted molar refractivity (Wildman–Crippen MR) is 70.7 cm³/mol. The van der Waals surface area contributed by atoms with Crippen molar-refractivity contribution in [2.45, 2.75) is 32.6 Å². The number of nitrogens with zero attached hydrogens (tertiary/aromatic N) is 1. The highest BCUT2D eigenvalue weighted by Crippen LogP contribution is 2.30. The molecule has 0 aliphatic heterocycles. The number of carboxylic acid groups (broad SMARTS) is 1. The maximum absolute atomic E-state index is 12.1. The highest BCUT2D eigenvalue weighted by molar-refractivity contribution is 5.92. The van der Waals surface area contributed by atoms with Crippen LogP contribution in [-0.2, 0) is 9.59 Å². The zero-order valence-corrected chi connectivity index (χ0v) is 10.9. The Morgan fingerprint density at radius 3 is 2.79 bits per heavy atom. The highest BCUT2D eigenvalue weighted by atomic mass is 16.4. The number of aryl methyl sites for hydroxylation is 1. The Bertz CT molecular complexity index is 487. The summed E-state index contributed by atoms with van der Waals surface area (Å²) in [6.07, 6.45) is 4.26. The third-order valence-corrected chi connectivity index (χ3v) is 3.65. The lowest BCUT2D eigenvalue weighted by atomic mass is 9.81. The summed E-state index contributed by atoms with van der Waals surface area (Å²) >= 11 is 0. The summed E-state index contributed by atoms with van der Waals surface area (Å²) in [6.45, 7) is 1.88. The van der Waals surface area contributed by atoms with E-state index < -0.39 is 11.9 Å². The van der Waals surface area contributed by atoms with Crippen LogP contribution < -0.4 is 5.32 Å². The van der Waals surface area contributed by atoms with Crippen LogP contribution in [0.3, 0.4) is 0 Å². The minimum atomic E-state index is -0.800. The normalized spacial score (nSPS) is 22.8. The van der Waals surface area contributed by atoms with Crippen molar-refractivity contribution in [1.82, 2.24) is 4.98 Å². The molecule has 1 aromatic rings. The summed E-state index contributed by atoms with van der Waals surface area (Å²) in [6, 6.07) is 3.69. The van der Waals surface area contributed by atoms with Gasteiger partial charge in [-0.3, -0.25) is 9.59 Å². The Labute approximate surface area is 112 Å². The number of hydrogen-bond donors (Lipinski definition) is 2. The Hall–Kier alpha value is -1.91. The topological polar surface area (TPSA) is 79.3 Å². The van der Waals surface area contributed by atoms with E-state index in [4.69, 9.17) is 5.11 Å². The molecule has 102 valence electrons. The number of rotatable bonds is 3. The number of carboxylic acids is 1. The fraction of sp³-hybridized carbons (Fsp3) is 0.500. The van der Waals surface area contributed by atoms with Gasteiger partial charge in [0.25, 0.3) is 0 Å². The Balaban J connectivity index is 2.00. The van der Waals surface area contributed by atoms with Crippen molar-refractivity contribution in [3.05, 3.63) is 23.9 Å². The molecule has 1 aromatic heterocycles. The molecule has 2 atom stereocenters. The summed E-state index contributed by atoms with van der Waals surface area (Å²) in [5.41, 5.74) is 0.904. The number of nitrogens with one attached hydrogen (secondary N) is 1. The first-order valence-electron chi connectivity index (χ1n) is 6.53. The van der Waals surface area contributed by atoms with E-state index in [1.165, 1.54) is 0 Å². The number of aromatic nitrogens is 1. The molecular weight excluding hydrogens is 244 g/mol. The largest absolute Gasteiger partial charge is 0.481 e. The lowest BCUT2D eigenvalue weighted by molar-refractivity contribution is -0.143. The molecule has 1 heterocycles. The third-order valence-electron chi connectivity index (χ3n) is 3.65. The minimum Gasteiger partial charge on any atom is -0.481 e. The smallest absolute Gasteiger partial charge is 0.306 e. The van der Waals surface area contributed by atoms with Crippen molar-refractivity contribution >= 4 is 17.7 Å². The van der Waals surface area contributed by atoms with Crippen LogP contribution in [0, 0.1) is 18.8 Å². The molecule has 0 bridgehead atoms. The molecule has 0 spiro atoms. The second kappa shape index (κ2) is 5.82. The van der Waals surface area contributed by atoms with Crippen LogP contribution in [0.15, 0.2) is 18.3 Å². The van der Waals surface area contributed by atoms with Crippen molar-refractivity contribution in [2.24, 2.45) is 11.8 Å². The average Bonchev–Trinajstić information content (AvgIpc) is 2.41. The minimum absolute atomic E-state index is 0.118. The first-order valence-corrected chi connectivity index (χ1v) is 6.53. The van der Waals surface area contributed by atoms with Gasteiger partial charge in [-0.15, -0.1) is 0 Å². The molecule has 0 saturated heterocycles. The van der Waals surface area contributed by atoms with Crippen LogP contribution in [0.4, 0.5) is 5.82 Å². The summed E-state index contributed by atoms with van der Waals surface area (Å²) in [4.78, 5) is 27.3. The molecule has 5 nitrogen and oxygen atoms in total. The van der Waals surface area contributed by atoms with Crippen LogP contribution in [0.25, 0.3) is 0 Å². The van der Waals surface area contributed by atoms with Crippen LogP contribution in [-0.4, -0.2) is 22.0 Å². The number of pyridine rings is 1. The number of aliphatic carboxylic acids is 1. The van der Waals surface area contributed by atoms with E-state index in [1.54, 1.807) is 6.20 Å². The SMILES string of the molecule is Cc1cccnc1NC(=O)C1CCCC(C(=O)O)C1. The van der Waals surface area contributed by atoms with Gasteiger partial charge in [-0.25, -0.2) is 4.98 Å². The second-order valence-corrected chi connectivity index (χ2v) is 5.06. The van der Waals surface area contributed by atoms with Crippen LogP contribution in [0.2, 0.25) is 0 Å². The van der Waals surface area contributed by atoms with E-state index in [0.717, 1.165) is 18.4 Å². The van der Waals surface area contributed by atoms with Gasteiger partial charge in [0, 0.05) is 12.1 Å². The van der Waals surface area contributed by atoms with Gasteiger partial charge in [-0.2, -0.15) is 0 Å². The molecule has 19 heavy (non-hydrogen) atoms. The van der Waals surface area contributed by atoms with Crippen LogP contribution in [0.5, 0.6) is 0 Å². The van der Waals surface area contributed by atoms with Gasteiger partial charge in [-0.05, 0) is 37.8 Å². The Morgan fingerprint density at radius 2 is 2.11 bits per heavy atom. The van der Waals surface area contributed by atoms with Gasteiger partial charge in [0.15, 0.2) is 0 Å². The molecule has 1 amide bonds. The molecule has 2 N–H and O–H groups in total. The van der Waals surface area contributed by atoms with E-state index >= 15 is 0 Å². The Morgan fingerprint density at radius 1 is 1.37 bits per heavy atom. The molecule has 0 aromatic carbocycles. The summed E-state index contributed by atoms with van der Waals surface area (Å²) in [7, 11) is 0. The van der Waals surface area contributed by atoms with Gasteiger partial charge in [0.1, 0.15) is 5.82 Å². The maximum atomic E-state index is 12.1. The average molecular weight is 262 g/mol. The van der Waals surface area contributed by atoms with E-state index in [2.05, 4.69) is 10.3 Å². The predicted octanol–water partition coefficient (Wildman–Crippen LogP) is 2.22. The van der Waals surface area contributed by atoms with Crippen molar-refractivity contribution < 1.29 is 14.7 Å². The number of amides is 1. The molecular formula is C14H18N2O3. The van der Waals surface area contributed by atoms with Crippen molar-refractivity contribution in [3.8, 4) is 0 Å². The van der Waals surface area contributed by atoms with Gasteiger partial charge in [0.2, 0.25) is 5.91 Å². The molecule has 5 heteroatoms. The quantitative estimate of drug-likeness (QED) is 0.875. The monoisotopic (exact) mass is 262 g/mol. The van der Waals surface area contributed by atoms with Crippen LogP contribution >= 0.6 is 0 Å². The van der Waals surface area contributed by atoms with Gasteiger partial charge < -0.3 is 10.4 Å². The van der Waals surface area contributed by atoms with E-state index in [0.29, 0.717) is 18.7 Å². The summed E-state index contributed by atoms with van der Waals surface area (Å²) in [5, 5.41) is 11.8. The fourth-order valence-corrected chi connectivity index (χ4v) is 2.49. The summed E-state index contributed by atoms with van der Waals surface area (Å²) < 4.78 is 0. The van der Waals surface area contributed by atoms with E-state index in [-0.39, 0.29) is 11.8 Å². The zero-order chi connectivity index (χ0) is 13.8. The molecule has 2 rings (SSSR count). The van der Waals surface area contributed by atoms with Gasteiger partial charge in [-0.1, -0.05) is 12.5 Å². The second-order valence-electron chi connectivity index (χ2n) is 5.06. The fourth-order valence-electron chi connectivity index (χ4n) is 2.49. The number of anilines is 1. The molecule has 1 fully saturated rings.